The van der Waals surface area contributed by atoms with Crippen molar-refractivity contribution < 1.29 is 9.47 Å². The van der Waals surface area contributed by atoms with Crippen LogP contribution >= 0.6 is 0 Å². The molecule has 0 saturated carbocycles. The normalized spacial score (nSPS) is 12.0. The van der Waals surface area contributed by atoms with Gasteiger partial charge in [-0.3, -0.25) is 0 Å². The second-order valence-electron chi connectivity index (χ2n) is 4.46. The van der Waals surface area contributed by atoms with Crippen LogP contribution in [0.5, 0.6) is 5.88 Å². The molecular weight excluding hydrogens is 268 g/mol. The van der Waals surface area contributed by atoms with Crippen molar-refractivity contribution >= 4 is 5.82 Å². The van der Waals surface area contributed by atoms with Gasteiger partial charge in [-0.25, -0.2) is 10.8 Å². The van der Waals surface area contributed by atoms with Crippen molar-refractivity contribution in [3.63, 3.8) is 0 Å². The van der Waals surface area contributed by atoms with E-state index in [0.717, 1.165) is 5.56 Å². The first kappa shape index (κ1) is 15.2. The van der Waals surface area contributed by atoms with Crippen LogP contribution in [0.2, 0.25) is 0 Å². The van der Waals surface area contributed by atoms with Crippen molar-refractivity contribution in [3.8, 4) is 5.88 Å². The number of nitrogens with two attached hydrogens (primary N) is 1. The van der Waals surface area contributed by atoms with Crippen molar-refractivity contribution in [2.75, 3.05) is 12.0 Å². The number of nitrogens with zero attached hydrogens (tertiary/aromatic N) is 2. The number of hydrogen-bond donors (Lipinski definition) is 2. The van der Waals surface area contributed by atoms with Crippen molar-refractivity contribution in [2.45, 2.75) is 26.6 Å². The second kappa shape index (κ2) is 7.56. The third-order valence-electron chi connectivity index (χ3n) is 2.90. The molecule has 1 aromatic carbocycles. The number of anilines is 1. The van der Waals surface area contributed by atoms with Crippen LogP contribution in [0.4, 0.5) is 5.82 Å². The Balaban J connectivity index is 2.14. The van der Waals surface area contributed by atoms with E-state index in [4.69, 9.17) is 15.3 Å². The van der Waals surface area contributed by atoms with E-state index < -0.39 is 0 Å². The first-order chi connectivity index (χ1) is 10.2. The zero-order valence-electron chi connectivity index (χ0n) is 12.2. The number of nitrogens with one attached hydrogen (secondary N) is 1. The number of aromatic nitrogens is 2. The average Bonchev–Trinajstić information content (AvgIpc) is 2.53. The van der Waals surface area contributed by atoms with Crippen LogP contribution in [-0.4, -0.2) is 16.6 Å². The Labute approximate surface area is 124 Å². The Morgan fingerprint density at radius 3 is 2.67 bits per heavy atom. The molecule has 0 aliphatic rings. The van der Waals surface area contributed by atoms with Gasteiger partial charge in [-0.2, -0.15) is 4.98 Å². The zero-order chi connectivity index (χ0) is 15.1. The van der Waals surface area contributed by atoms with E-state index in [9.17, 15) is 0 Å². The van der Waals surface area contributed by atoms with Gasteiger partial charge >= 0.3 is 0 Å². The minimum atomic E-state index is -0.119. The van der Waals surface area contributed by atoms with Crippen LogP contribution in [0.1, 0.15) is 31.3 Å². The Bertz CT molecular complexity index is 563. The number of hydrogen-bond acceptors (Lipinski definition) is 6. The van der Waals surface area contributed by atoms with E-state index in [1.54, 1.807) is 6.07 Å². The Morgan fingerprint density at radius 1 is 1.24 bits per heavy atom. The molecule has 21 heavy (non-hydrogen) atoms. The van der Waals surface area contributed by atoms with E-state index >= 15 is 0 Å². The fourth-order valence-corrected chi connectivity index (χ4v) is 1.84. The molecule has 0 amide bonds. The van der Waals surface area contributed by atoms with E-state index in [1.807, 2.05) is 44.2 Å². The molecule has 0 radical (unpaired) electrons. The van der Waals surface area contributed by atoms with Gasteiger partial charge in [-0.15, -0.1) is 0 Å². The molecule has 0 fully saturated rings. The summed E-state index contributed by atoms with van der Waals surface area (Å²) < 4.78 is 11.2. The highest BCUT2D eigenvalue weighted by Gasteiger charge is 2.10. The predicted octanol–water partition coefficient (Wildman–Crippen LogP) is 2.44. The summed E-state index contributed by atoms with van der Waals surface area (Å²) >= 11 is 0. The minimum Gasteiger partial charge on any atom is -0.470 e. The van der Waals surface area contributed by atoms with Crippen LogP contribution in [0.15, 0.2) is 36.4 Å². The molecule has 0 aliphatic heterocycles. The molecule has 0 spiro atoms. The predicted molar refractivity (Wildman–Crippen MR) is 80.7 cm³/mol. The summed E-state index contributed by atoms with van der Waals surface area (Å²) in [5, 5.41) is 0. The first-order valence-electron chi connectivity index (χ1n) is 6.86. The molecule has 0 aliphatic carbocycles. The highest BCUT2D eigenvalue weighted by atomic mass is 16.5. The average molecular weight is 288 g/mol. The number of hydrazine groups is 1. The van der Waals surface area contributed by atoms with E-state index in [-0.39, 0.29) is 6.10 Å². The van der Waals surface area contributed by atoms with Gasteiger partial charge in [0, 0.05) is 12.7 Å². The lowest BCUT2D eigenvalue weighted by Gasteiger charge is -2.15. The second-order valence-corrected chi connectivity index (χ2v) is 4.46. The summed E-state index contributed by atoms with van der Waals surface area (Å²) in [6.45, 7) is 4.80. The van der Waals surface area contributed by atoms with Crippen LogP contribution in [0.3, 0.4) is 0 Å². The van der Waals surface area contributed by atoms with Crippen LogP contribution < -0.4 is 16.0 Å². The van der Waals surface area contributed by atoms with Crippen LogP contribution in [0.25, 0.3) is 0 Å². The molecule has 2 aromatic rings. The monoisotopic (exact) mass is 288 g/mol. The van der Waals surface area contributed by atoms with Gasteiger partial charge in [0.05, 0.1) is 0 Å². The van der Waals surface area contributed by atoms with Crippen molar-refractivity contribution in [3.05, 3.63) is 47.8 Å². The third kappa shape index (κ3) is 4.40. The van der Waals surface area contributed by atoms with Crippen molar-refractivity contribution in [2.24, 2.45) is 5.84 Å². The van der Waals surface area contributed by atoms with Crippen LogP contribution in [-0.2, 0) is 11.3 Å². The van der Waals surface area contributed by atoms with E-state index in [2.05, 4.69) is 15.4 Å². The molecule has 0 saturated heterocycles. The summed E-state index contributed by atoms with van der Waals surface area (Å²) in [4.78, 5) is 8.55. The molecular formula is C15H20N4O2. The molecule has 1 heterocycles. The van der Waals surface area contributed by atoms with Gasteiger partial charge in [0.25, 0.3) is 0 Å². The molecule has 3 N–H and O–H groups in total. The van der Waals surface area contributed by atoms with Crippen molar-refractivity contribution in [1.29, 1.82) is 0 Å². The Kier molecular flexibility index (Phi) is 5.48. The quantitative estimate of drug-likeness (QED) is 0.601. The maximum absolute atomic E-state index is 5.86. The standard InChI is InChI=1S/C15H20N4O2/c1-3-20-10-14-17-13(19-16)9-15(18-14)21-11(2)12-7-5-4-6-8-12/h4-9,11H,3,10,16H2,1-2H3,(H,17,18,19). The Morgan fingerprint density at radius 2 is 2.00 bits per heavy atom. The highest BCUT2D eigenvalue weighted by Crippen LogP contribution is 2.21. The summed E-state index contributed by atoms with van der Waals surface area (Å²) in [6, 6.07) is 11.6. The molecule has 0 bridgehead atoms. The lowest BCUT2D eigenvalue weighted by atomic mass is 10.1. The molecule has 2 rings (SSSR count). The van der Waals surface area contributed by atoms with Gasteiger partial charge in [0.1, 0.15) is 18.5 Å². The fourth-order valence-electron chi connectivity index (χ4n) is 1.84. The number of rotatable bonds is 7. The molecule has 6 heteroatoms. The third-order valence-corrected chi connectivity index (χ3v) is 2.90. The Hall–Kier alpha value is -2.18. The zero-order valence-corrected chi connectivity index (χ0v) is 12.2. The smallest absolute Gasteiger partial charge is 0.219 e. The maximum atomic E-state index is 5.86. The van der Waals surface area contributed by atoms with Crippen LogP contribution in [0, 0.1) is 0 Å². The number of ether oxygens (including phenoxy) is 2. The lowest BCUT2D eigenvalue weighted by molar-refractivity contribution is 0.126. The SMILES string of the molecule is CCOCc1nc(NN)cc(OC(C)c2ccccc2)n1. The summed E-state index contributed by atoms with van der Waals surface area (Å²) in [6.07, 6.45) is -0.119. The maximum Gasteiger partial charge on any atom is 0.219 e. The topological polar surface area (TPSA) is 82.3 Å². The van der Waals surface area contributed by atoms with E-state index in [1.165, 1.54) is 0 Å². The van der Waals surface area contributed by atoms with Gasteiger partial charge in [-0.05, 0) is 19.4 Å². The highest BCUT2D eigenvalue weighted by molar-refractivity contribution is 5.37. The van der Waals surface area contributed by atoms with E-state index in [0.29, 0.717) is 30.7 Å². The summed E-state index contributed by atoms with van der Waals surface area (Å²) in [5.74, 6) is 6.91. The van der Waals surface area contributed by atoms with Gasteiger partial charge < -0.3 is 14.9 Å². The molecule has 1 atom stereocenters. The van der Waals surface area contributed by atoms with Gasteiger partial charge in [-0.1, -0.05) is 30.3 Å². The minimum absolute atomic E-state index is 0.119. The molecule has 6 nitrogen and oxygen atoms in total. The fraction of sp³-hybridized carbons (Fsp3) is 0.333. The number of benzene rings is 1. The first-order valence-corrected chi connectivity index (χ1v) is 6.86. The van der Waals surface area contributed by atoms with Crippen molar-refractivity contribution in [1.82, 2.24) is 9.97 Å². The molecule has 1 aromatic heterocycles. The van der Waals surface area contributed by atoms with Gasteiger partial charge in [0.15, 0.2) is 5.82 Å². The van der Waals surface area contributed by atoms with Gasteiger partial charge in [0.2, 0.25) is 5.88 Å². The molecule has 112 valence electrons. The molecule has 1 unspecified atom stereocenters. The number of nitrogen functional groups attached to an aromatic ring is 1. The lowest BCUT2D eigenvalue weighted by Crippen LogP contribution is -2.13. The summed E-state index contributed by atoms with van der Waals surface area (Å²) in [7, 11) is 0. The summed E-state index contributed by atoms with van der Waals surface area (Å²) in [5.41, 5.74) is 3.58. The largest absolute Gasteiger partial charge is 0.470 e.